The number of carbonyl (C=O) groups excluding carboxylic acids is 1. The minimum atomic E-state index is -0.289. The molecule has 28 heavy (non-hydrogen) atoms. The van der Waals surface area contributed by atoms with E-state index in [0.717, 1.165) is 27.9 Å². The van der Waals surface area contributed by atoms with Gasteiger partial charge in [-0.3, -0.25) is 14.5 Å². The van der Waals surface area contributed by atoms with Crippen LogP contribution in [0.1, 0.15) is 5.56 Å². The number of amides is 1. The zero-order chi connectivity index (χ0) is 19.3. The van der Waals surface area contributed by atoms with E-state index in [-0.39, 0.29) is 18.3 Å². The number of aromatic nitrogens is 3. The molecule has 0 spiro atoms. The number of nitrogens with one attached hydrogen (secondary N) is 1. The predicted octanol–water partition coefficient (Wildman–Crippen LogP) is 3.66. The van der Waals surface area contributed by atoms with Gasteiger partial charge in [0.15, 0.2) is 0 Å². The number of benzene rings is 1. The smallest absolute Gasteiger partial charge is 0.241 e. The molecule has 140 valence electrons. The van der Waals surface area contributed by atoms with E-state index in [2.05, 4.69) is 15.4 Å². The van der Waals surface area contributed by atoms with Gasteiger partial charge in [-0.2, -0.15) is 5.10 Å². The molecule has 0 saturated heterocycles. The van der Waals surface area contributed by atoms with Crippen molar-refractivity contribution in [1.29, 1.82) is 0 Å². The van der Waals surface area contributed by atoms with Crippen LogP contribution in [-0.4, -0.2) is 20.7 Å². The number of carbonyl (C=O) groups is 1. The number of pyridine rings is 1. The third-order valence-corrected chi connectivity index (χ3v) is 4.25. The van der Waals surface area contributed by atoms with E-state index in [1.54, 1.807) is 47.9 Å². The Bertz CT molecular complexity index is 1050. The van der Waals surface area contributed by atoms with Crippen molar-refractivity contribution < 1.29 is 13.6 Å². The molecule has 1 aromatic carbocycles. The number of halogens is 1. The predicted molar refractivity (Wildman–Crippen MR) is 101 cm³/mol. The molecule has 4 rings (SSSR count). The monoisotopic (exact) mass is 376 g/mol. The van der Waals surface area contributed by atoms with Crippen molar-refractivity contribution >= 4 is 5.91 Å². The summed E-state index contributed by atoms with van der Waals surface area (Å²) >= 11 is 0. The van der Waals surface area contributed by atoms with Crippen molar-refractivity contribution in [3.8, 4) is 22.4 Å². The molecular weight excluding hydrogens is 359 g/mol. The standard InChI is InChI=1S/C21H17FN4O2/c22-19-4-2-16(3-5-19)18-11-25-26(12-18)13-21(27)24-10-15-1-6-20(23-9-15)17-7-8-28-14-17/h1-9,11-12,14H,10,13H2,(H,24,27). The molecule has 0 saturated carbocycles. The average Bonchev–Trinajstić information content (AvgIpc) is 3.40. The summed E-state index contributed by atoms with van der Waals surface area (Å²) in [7, 11) is 0. The Morgan fingerprint density at radius 3 is 2.61 bits per heavy atom. The number of hydrogen-bond acceptors (Lipinski definition) is 4. The minimum Gasteiger partial charge on any atom is -0.472 e. The molecule has 0 radical (unpaired) electrons. The summed E-state index contributed by atoms with van der Waals surface area (Å²) in [5.41, 5.74) is 4.29. The van der Waals surface area contributed by atoms with Gasteiger partial charge >= 0.3 is 0 Å². The quantitative estimate of drug-likeness (QED) is 0.557. The molecule has 7 heteroatoms. The van der Waals surface area contributed by atoms with Crippen LogP contribution in [0.4, 0.5) is 4.39 Å². The van der Waals surface area contributed by atoms with Crippen LogP contribution in [-0.2, 0) is 17.9 Å². The molecule has 3 heterocycles. The molecule has 0 fully saturated rings. The van der Waals surface area contributed by atoms with E-state index < -0.39 is 0 Å². The summed E-state index contributed by atoms with van der Waals surface area (Å²) in [5, 5.41) is 7.04. The molecule has 0 bridgehead atoms. The van der Waals surface area contributed by atoms with E-state index in [1.807, 2.05) is 18.2 Å². The van der Waals surface area contributed by atoms with Crippen molar-refractivity contribution in [3.05, 3.63) is 85.0 Å². The van der Waals surface area contributed by atoms with Gasteiger partial charge in [0.05, 0.1) is 24.4 Å². The van der Waals surface area contributed by atoms with Gasteiger partial charge in [-0.15, -0.1) is 0 Å². The fourth-order valence-electron chi connectivity index (χ4n) is 2.76. The topological polar surface area (TPSA) is 73.0 Å². The first kappa shape index (κ1) is 17.7. The van der Waals surface area contributed by atoms with Crippen LogP contribution in [0.5, 0.6) is 0 Å². The average molecular weight is 376 g/mol. The van der Waals surface area contributed by atoms with E-state index in [0.29, 0.717) is 6.54 Å². The second-order valence-corrected chi connectivity index (χ2v) is 6.27. The molecule has 1 amide bonds. The van der Waals surface area contributed by atoms with E-state index in [4.69, 9.17) is 4.42 Å². The fourth-order valence-corrected chi connectivity index (χ4v) is 2.76. The van der Waals surface area contributed by atoms with Crippen LogP contribution in [0.3, 0.4) is 0 Å². The van der Waals surface area contributed by atoms with Crippen molar-refractivity contribution in [2.45, 2.75) is 13.1 Å². The Morgan fingerprint density at radius 1 is 1.04 bits per heavy atom. The van der Waals surface area contributed by atoms with Crippen LogP contribution < -0.4 is 5.32 Å². The van der Waals surface area contributed by atoms with Gasteiger partial charge < -0.3 is 9.73 Å². The lowest BCUT2D eigenvalue weighted by Crippen LogP contribution is -2.27. The Hall–Kier alpha value is -3.74. The zero-order valence-electron chi connectivity index (χ0n) is 14.9. The molecule has 0 aliphatic rings. The maximum Gasteiger partial charge on any atom is 0.241 e. The zero-order valence-corrected chi connectivity index (χ0v) is 14.9. The van der Waals surface area contributed by atoms with Crippen LogP contribution in [0.2, 0.25) is 0 Å². The largest absolute Gasteiger partial charge is 0.472 e. The van der Waals surface area contributed by atoms with Crippen molar-refractivity contribution in [1.82, 2.24) is 20.1 Å². The van der Waals surface area contributed by atoms with Gasteiger partial charge in [0.1, 0.15) is 12.4 Å². The summed E-state index contributed by atoms with van der Waals surface area (Å²) in [5.74, 6) is -0.449. The Labute approximate surface area is 160 Å². The third-order valence-electron chi connectivity index (χ3n) is 4.25. The van der Waals surface area contributed by atoms with Gasteiger partial charge in [-0.1, -0.05) is 18.2 Å². The number of hydrogen-bond donors (Lipinski definition) is 1. The molecule has 3 aromatic heterocycles. The first-order valence-corrected chi connectivity index (χ1v) is 8.70. The SMILES string of the molecule is O=C(Cn1cc(-c2ccc(F)cc2)cn1)NCc1ccc(-c2ccoc2)nc1. The molecule has 0 unspecified atom stereocenters. The number of nitrogens with zero attached hydrogens (tertiary/aromatic N) is 3. The first-order chi connectivity index (χ1) is 13.7. The second kappa shape index (κ2) is 7.87. The van der Waals surface area contributed by atoms with E-state index in [1.165, 1.54) is 12.1 Å². The third kappa shape index (κ3) is 4.15. The summed E-state index contributed by atoms with van der Waals surface area (Å²) in [6.45, 7) is 0.477. The van der Waals surface area contributed by atoms with Crippen molar-refractivity contribution in [2.75, 3.05) is 0 Å². The maximum atomic E-state index is 13.0. The van der Waals surface area contributed by atoms with Crippen LogP contribution in [0, 0.1) is 5.82 Å². The normalized spacial score (nSPS) is 10.8. The van der Waals surface area contributed by atoms with Crippen molar-refractivity contribution in [3.63, 3.8) is 0 Å². The Morgan fingerprint density at radius 2 is 1.89 bits per heavy atom. The van der Waals surface area contributed by atoms with E-state index >= 15 is 0 Å². The van der Waals surface area contributed by atoms with Crippen LogP contribution >= 0.6 is 0 Å². The molecule has 6 nitrogen and oxygen atoms in total. The first-order valence-electron chi connectivity index (χ1n) is 8.70. The van der Waals surface area contributed by atoms with Gasteiger partial charge in [-0.05, 0) is 35.4 Å². The molecule has 4 aromatic rings. The highest BCUT2D eigenvalue weighted by Crippen LogP contribution is 2.19. The minimum absolute atomic E-state index is 0.0989. The second-order valence-electron chi connectivity index (χ2n) is 6.27. The molecule has 0 atom stereocenters. The van der Waals surface area contributed by atoms with Crippen molar-refractivity contribution in [2.24, 2.45) is 0 Å². The lowest BCUT2D eigenvalue weighted by molar-refractivity contribution is -0.122. The lowest BCUT2D eigenvalue weighted by Gasteiger charge is -2.06. The summed E-state index contributed by atoms with van der Waals surface area (Å²) in [4.78, 5) is 16.5. The molecular formula is C21H17FN4O2. The molecule has 0 aliphatic heterocycles. The molecule has 0 aliphatic carbocycles. The van der Waals surface area contributed by atoms with Gasteiger partial charge in [0.2, 0.25) is 5.91 Å². The maximum absolute atomic E-state index is 13.0. The fraction of sp³-hybridized carbons (Fsp3) is 0.0952. The highest BCUT2D eigenvalue weighted by molar-refractivity contribution is 5.75. The van der Waals surface area contributed by atoms with Crippen LogP contribution in [0.15, 0.2) is 78.0 Å². The lowest BCUT2D eigenvalue weighted by atomic mass is 10.1. The van der Waals surface area contributed by atoms with Gasteiger partial charge in [-0.25, -0.2) is 4.39 Å². The van der Waals surface area contributed by atoms with Crippen LogP contribution in [0.25, 0.3) is 22.4 Å². The summed E-state index contributed by atoms with van der Waals surface area (Å²) in [6.07, 6.45) is 8.37. The molecule has 1 N–H and O–H groups in total. The highest BCUT2D eigenvalue weighted by Gasteiger charge is 2.07. The highest BCUT2D eigenvalue weighted by atomic mass is 19.1. The summed E-state index contributed by atoms with van der Waals surface area (Å²) in [6, 6.07) is 11.8. The van der Waals surface area contributed by atoms with Gasteiger partial charge in [0, 0.05) is 30.1 Å². The summed E-state index contributed by atoms with van der Waals surface area (Å²) < 4.78 is 19.6. The number of furan rings is 1. The number of rotatable bonds is 6. The Kier molecular flexibility index (Phi) is 4.97. The Balaban J connectivity index is 1.32. The van der Waals surface area contributed by atoms with Gasteiger partial charge in [0.25, 0.3) is 0 Å². The van der Waals surface area contributed by atoms with E-state index in [9.17, 15) is 9.18 Å².